The first kappa shape index (κ1) is 18.1. The average molecular weight is 325 g/mol. The second kappa shape index (κ2) is 8.46. The minimum Gasteiger partial charge on any atom is -0.489 e. The van der Waals surface area contributed by atoms with Crippen molar-refractivity contribution in [1.29, 1.82) is 0 Å². The van der Waals surface area contributed by atoms with E-state index in [1.807, 2.05) is 38.1 Å². The summed E-state index contributed by atoms with van der Waals surface area (Å²) in [4.78, 5) is 11.9. The molecule has 22 heavy (non-hydrogen) atoms. The molecule has 1 heterocycles. The van der Waals surface area contributed by atoms with Crippen molar-refractivity contribution in [1.82, 2.24) is 5.32 Å². The van der Waals surface area contributed by atoms with Crippen LogP contribution >= 0.6 is 12.4 Å². The van der Waals surface area contributed by atoms with E-state index in [9.17, 15) is 4.79 Å². The number of hydrogen-bond donors (Lipinski definition) is 2. The van der Waals surface area contributed by atoms with E-state index in [1.54, 1.807) is 6.07 Å². The molecule has 1 aromatic carbocycles. The van der Waals surface area contributed by atoms with Crippen molar-refractivity contribution >= 4 is 18.3 Å². The third-order valence-corrected chi connectivity index (χ3v) is 3.09. The molecule has 2 rings (SSSR count). The van der Waals surface area contributed by atoms with Gasteiger partial charge in [-0.1, -0.05) is 18.2 Å². The summed E-state index contributed by atoms with van der Waals surface area (Å²) in [6, 6.07) is 9.43. The second-order valence-corrected chi connectivity index (χ2v) is 4.91. The lowest BCUT2D eigenvalue weighted by Gasteiger charge is -2.16. The highest BCUT2D eigenvalue weighted by Gasteiger charge is 2.12. The van der Waals surface area contributed by atoms with Crippen LogP contribution in [0.15, 0.2) is 41.0 Å². The zero-order chi connectivity index (χ0) is 15.2. The van der Waals surface area contributed by atoms with Crippen LogP contribution in [0.1, 0.15) is 28.6 Å². The molecule has 1 atom stereocenters. The quantitative estimate of drug-likeness (QED) is 0.856. The van der Waals surface area contributed by atoms with Crippen LogP contribution in [-0.4, -0.2) is 18.6 Å². The van der Waals surface area contributed by atoms with Crippen molar-refractivity contribution < 1.29 is 13.9 Å². The molecule has 5 nitrogen and oxygen atoms in total. The van der Waals surface area contributed by atoms with Gasteiger partial charge in [0.05, 0.1) is 18.7 Å². The van der Waals surface area contributed by atoms with Crippen LogP contribution < -0.4 is 15.8 Å². The number of para-hydroxylation sites is 1. The Balaban J connectivity index is 0.00000242. The topological polar surface area (TPSA) is 77.5 Å². The highest BCUT2D eigenvalue weighted by Crippen LogP contribution is 2.17. The molecular weight excluding hydrogens is 304 g/mol. The summed E-state index contributed by atoms with van der Waals surface area (Å²) >= 11 is 0. The number of halogens is 1. The fourth-order valence-electron chi connectivity index (χ4n) is 1.89. The Bertz CT molecular complexity index is 613. The van der Waals surface area contributed by atoms with Gasteiger partial charge < -0.3 is 20.2 Å². The smallest absolute Gasteiger partial charge is 0.254 e. The Morgan fingerprint density at radius 1 is 1.41 bits per heavy atom. The van der Waals surface area contributed by atoms with Gasteiger partial charge in [0, 0.05) is 0 Å². The van der Waals surface area contributed by atoms with E-state index in [0.29, 0.717) is 17.9 Å². The van der Waals surface area contributed by atoms with E-state index in [4.69, 9.17) is 14.9 Å². The van der Waals surface area contributed by atoms with Gasteiger partial charge in [-0.15, -0.1) is 12.4 Å². The standard InChI is InChI=1S/C16H20N2O3.ClH/c1-11-5-3-4-6-15(11)21-12(2)9-18-16(19)13-7-14(8-17)20-10-13;/h3-7,10,12H,8-9,17H2,1-2H3,(H,18,19);1H. The largest absolute Gasteiger partial charge is 0.489 e. The first-order valence-electron chi connectivity index (χ1n) is 6.88. The van der Waals surface area contributed by atoms with Gasteiger partial charge in [-0.25, -0.2) is 0 Å². The molecule has 0 spiro atoms. The van der Waals surface area contributed by atoms with Crippen molar-refractivity contribution in [3.63, 3.8) is 0 Å². The number of carbonyl (C=O) groups is 1. The minimum atomic E-state index is -0.196. The predicted molar refractivity (Wildman–Crippen MR) is 87.4 cm³/mol. The van der Waals surface area contributed by atoms with Crippen LogP contribution in [0.25, 0.3) is 0 Å². The number of benzene rings is 1. The average Bonchev–Trinajstić information content (AvgIpc) is 2.96. The zero-order valence-corrected chi connectivity index (χ0v) is 13.5. The molecule has 0 saturated heterocycles. The molecule has 6 heteroatoms. The number of nitrogens with two attached hydrogens (primary N) is 1. The third-order valence-electron chi connectivity index (χ3n) is 3.09. The molecule has 0 radical (unpaired) electrons. The molecule has 1 amide bonds. The van der Waals surface area contributed by atoms with Gasteiger partial charge >= 0.3 is 0 Å². The van der Waals surface area contributed by atoms with E-state index in [2.05, 4.69) is 5.32 Å². The predicted octanol–water partition coefficient (Wildman–Crippen LogP) is 2.67. The van der Waals surface area contributed by atoms with Gasteiger partial charge in [0.15, 0.2) is 0 Å². The SMILES string of the molecule is Cc1ccccc1OC(C)CNC(=O)c1coc(CN)c1.Cl. The Morgan fingerprint density at radius 3 is 2.77 bits per heavy atom. The number of carbonyl (C=O) groups excluding carboxylic acids is 1. The first-order valence-corrected chi connectivity index (χ1v) is 6.88. The molecule has 2 aromatic rings. The van der Waals surface area contributed by atoms with E-state index in [1.165, 1.54) is 6.26 Å². The number of hydrogen-bond acceptors (Lipinski definition) is 4. The number of ether oxygens (including phenoxy) is 1. The normalized spacial score (nSPS) is 11.4. The Labute approximate surface area is 136 Å². The highest BCUT2D eigenvalue weighted by molar-refractivity contribution is 5.93. The molecule has 3 N–H and O–H groups in total. The summed E-state index contributed by atoms with van der Waals surface area (Å²) in [7, 11) is 0. The minimum absolute atomic E-state index is 0. The maximum Gasteiger partial charge on any atom is 0.254 e. The van der Waals surface area contributed by atoms with E-state index < -0.39 is 0 Å². The fourth-order valence-corrected chi connectivity index (χ4v) is 1.89. The van der Waals surface area contributed by atoms with Crippen LogP contribution in [0.2, 0.25) is 0 Å². The van der Waals surface area contributed by atoms with Gasteiger partial charge in [0.25, 0.3) is 5.91 Å². The van der Waals surface area contributed by atoms with Crippen LogP contribution in [0.5, 0.6) is 5.75 Å². The fraction of sp³-hybridized carbons (Fsp3) is 0.312. The van der Waals surface area contributed by atoms with Crippen LogP contribution in [0.3, 0.4) is 0 Å². The molecule has 120 valence electrons. The van der Waals surface area contributed by atoms with Crippen molar-refractivity contribution in [2.45, 2.75) is 26.5 Å². The Morgan fingerprint density at radius 2 is 2.14 bits per heavy atom. The van der Waals surface area contributed by atoms with Gasteiger partial charge in [0.2, 0.25) is 0 Å². The van der Waals surface area contributed by atoms with Crippen LogP contribution in [0, 0.1) is 6.92 Å². The maximum absolute atomic E-state index is 11.9. The first-order chi connectivity index (χ1) is 10.1. The second-order valence-electron chi connectivity index (χ2n) is 4.91. The number of rotatable bonds is 6. The molecule has 0 bridgehead atoms. The van der Waals surface area contributed by atoms with Crippen molar-refractivity contribution in [3.8, 4) is 5.75 Å². The molecule has 0 aliphatic heterocycles. The van der Waals surface area contributed by atoms with Crippen molar-refractivity contribution in [3.05, 3.63) is 53.5 Å². The lowest BCUT2D eigenvalue weighted by Crippen LogP contribution is -2.33. The molecular formula is C16H21ClN2O3. The molecule has 0 aliphatic rings. The Hall–Kier alpha value is -1.98. The zero-order valence-electron chi connectivity index (χ0n) is 12.7. The lowest BCUT2D eigenvalue weighted by atomic mass is 10.2. The number of aryl methyl sites for hydroxylation is 1. The number of furan rings is 1. The van der Waals surface area contributed by atoms with E-state index in [0.717, 1.165) is 11.3 Å². The van der Waals surface area contributed by atoms with E-state index >= 15 is 0 Å². The van der Waals surface area contributed by atoms with Crippen LogP contribution in [-0.2, 0) is 6.54 Å². The molecule has 0 aliphatic carbocycles. The molecule has 0 saturated carbocycles. The summed E-state index contributed by atoms with van der Waals surface area (Å²) in [6.45, 7) is 4.59. The molecule has 1 aromatic heterocycles. The van der Waals surface area contributed by atoms with Gasteiger partial charge in [-0.05, 0) is 31.5 Å². The van der Waals surface area contributed by atoms with Gasteiger partial charge in [0.1, 0.15) is 23.9 Å². The highest BCUT2D eigenvalue weighted by atomic mass is 35.5. The third kappa shape index (κ3) is 4.79. The Kier molecular flexibility index (Phi) is 6.95. The summed E-state index contributed by atoms with van der Waals surface area (Å²) in [5, 5.41) is 2.81. The summed E-state index contributed by atoms with van der Waals surface area (Å²) in [5.74, 6) is 1.22. The summed E-state index contributed by atoms with van der Waals surface area (Å²) in [5.41, 5.74) is 6.98. The summed E-state index contributed by atoms with van der Waals surface area (Å²) < 4.78 is 10.9. The van der Waals surface area contributed by atoms with Gasteiger partial charge in [-0.3, -0.25) is 4.79 Å². The van der Waals surface area contributed by atoms with Crippen LogP contribution in [0.4, 0.5) is 0 Å². The van der Waals surface area contributed by atoms with Crippen molar-refractivity contribution in [2.24, 2.45) is 5.73 Å². The van der Waals surface area contributed by atoms with Gasteiger partial charge in [-0.2, -0.15) is 0 Å². The monoisotopic (exact) mass is 324 g/mol. The number of amides is 1. The maximum atomic E-state index is 11.9. The lowest BCUT2D eigenvalue weighted by molar-refractivity contribution is 0.0931. The van der Waals surface area contributed by atoms with E-state index in [-0.39, 0.29) is 31.0 Å². The molecule has 1 unspecified atom stereocenters. The summed E-state index contributed by atoms with van der Waals surface area (Å²) in [6.07, 6.45) is 1.28. The van der Waals surface area contributed by atoms with Crippen molar-refractivity contribution in [2.75, 3.05) is 6.54 Å². The molecule has 0 fully saturated rings. The number of nitrogens with one attached hydrogen (secondary N) is 1.